The molecule has 1 N–H and O–H groups in total. The van der Waals surface area contributed by atoms with Gasteiger partial charge in [0.1, 0.15) is 0 Å². The van der Waals surface area contributed by atoms with Crippen LogP contribution in [0.25, 0.3) is 0 Å². The predicted molar refractivity (Wildman–Crippen MR) is 105 cm³/mol. The van der Waals surface area contributed by atoms with Gasteiger partial charge in [0.25, 0.3) is 5.69 Å². The molecule has 2 aliphatic rings. The van der Waals surface area contributed by atoms with Crippen LogP contribution in [0.4, 0.5) is 5.69 Å². The Morgan fingerprint density at radius 3 is 2.93 bits per heavy atom. The van der Waals surface area contributed by atoms with Crippen LogP contribution in [-0.2, 0) is 11.3 Å². The Morgan fingerprint density at radius 1 is 1.37 bits per heavy atom. The number of morpholine rings is 1. The van der Waals surface area contributed by atoms with Crippen LogP contribution in [0.15, 0.2) is 29.3 Å². The van der Waals surface area contributed by atoms with E-state index in [1.54, 1.807) is 12.1 Å². The standard InChI is InChI=1S/C19H29N5O3/c1-2-20-19(21-13-16-4-3-5-18(12-16)24(25)26)23-7-6-17(15-23)14-22-8-10-27-11-9-22/h3-5,12,17H,2,6-11,13-15H2,1H3,(H,20,21). The van der Waals surface area contributed by atoms with Crippen molar-refractivity contribution in [2.24, 2.45) is 10.9 Å². The molecule has 148 valence electrons. The van der Waals surface area contributed by atoms with E-state index in [9.17, 15) is 10.1 Å². The lowest BCUT2D eigenvalue weighted by Gasteiger charge is -2.29. The molecule has 2 fully saturated rings. The number of aliphatic imine (C=N–C) groups is 1. The van der Waals surface area contributed by atoms with E-state index >= 15 is 0 Å². The number of nitro groups is 1. The quantitative estimate of drug-likeness (QED) is 0.353. The number of rotatable bonds is 6. The molecule has 0 spiro atoms. The molecule has 2 aliphatic heterocycles. The van der Waals surface area contributed by atoms with Gasteiger partial charge in [-0.25, -0.2) is 4.99 Å². The highest BCUT2D eigenvalue weighted by Gasteiger charge is 2.27. The van der Waals surface area contributed by atoms with Gasteiger partial charge in [0.15, 0.2) is 5.96 Å². The van der Waals surface area contributed by atoms with Crippen molar-refractivity contribution >= 4 is 11.6 Å². The van der Waals surface area contributed by atoms with Gasteiger partial charge in [-0.2, -0.15) is 0 Å². The number of ether oxygens (including phenoxy) is 1. The van der Waals surface area contributed by atoms with Crippen LogP contribution >= 0.6 is 0 Å². The van der Waals surface area contributed by atoms with E-state index in [1.165, 1.54) is 12.5 Å². The Balaban J connectivity index is 1.58. The summed E-state index contributed by atoms with van der Waals surface area (Å²) in [5.74, 6) is 1.54. The molecule has 1 unspecified atom stereocenters. The van der Waals surface area contributed by atoms with E-state index < -0.39 is 0 Å². The first-order valence-corrected chi connectivity index (χ1v) is 9.72. The highest BCUT2D eigenvalue weighted by atomic mass is 16.6. The van der Waals surface area contributed by atoms with Crippen LogP contribution in [0.3, 0.4) is 0 Å². The normalized spacial score (nSPS) is 21.4. The highest BCUT2D eigenvalue weighted by Crippen LogP contribution is 2.19. The summed E-state index contributed by atoms with van der Waals surface area (Å²) in [5.41, 5.74) is 0.961. The van der Waals surface area contributed by atoms with Crippen molar-refractivity contribution in [2.75, 3.05) is 52.5 Å². The first kappa shape index (κ1) is 19.6. The summed E-state index contributed by atoms with van der Waals surface area (Å²) in [6, 6.07) is 6.70. The van der Waals surface area contributed by atoms with Crippen LogP contribution < -0.4 is 5.32 Å². The Morgan fingerprint density at radius 2 is 2.19 bits per heavy atom. The molecule has 2 heterocycles. The average Bonchev–Trinajstić information content (AvgIpc) is 3.14. The number of nitrogens with zero attached hydrogens (tertiary/aromatic N) is 4. The zero-order valence-electron chi connectivity index (χ0n) is 16.0. The predicted octanol–water partition coefficient (Wildman–Crippen LogP) is 1.71. The maximum Gasteiger partial charge on any atom is 0.269 e. The third-order valence-corrected chi connectivity index (χ3v) is 5.07. The molecule has 2 saturated heterocycles. The molecule has 27 heavy (non-hydrogen) atoms. The van der Waals surface area contributed by atoms with Crippen LogP contribution in [0.2, 0.25) is 0 Å². The molecule has 8 nitrogen and oxygen atoms in total. The number of likely N-dealkylation sites (tertiary alicyclic amines) is 1. The molecular weight excluding hydrogens is 346 g/mol. The molecule has 1 aromatic carbocycles. The van der Waals surface area contributed by atoms with E-state index in [0.29, 0.717) is 12.5 Å². The summed E-state index contributed by atoms with van der Waals surface area (Å²) in [5, 5.41) is 14.3. The molecule has 0 saturated carbocycles. The lowest BCUT2D eigenvalue weighted by molar-refractivity contribution is -0.384. The van der Waals surface area contributed by atoms with Gasteiger partial charge in [0.2, 0.25) is 0 Å². The van der Waals surface area contributed by atoms with Gasteiger partial charge < -0.3 is 15.0 Å². The second-order valence-corrected chi connectivity index (χ2v) is 7.11. The summed E-state index contributed by atoms with van der Waals surface area (Å²) in [6.45, 7) is 10.1. The summed E-state index contributed by atoms with van der Waals surface area (Å²) < 4.78 is 5.43. The van der Waals surface area contributed by atoms with E-state index in [2.05, 4.69) is 22.0 Å². The Bertz CT molecular complexity index is 661. The van der Waals surface area contributed by atoms with Crippen LogP contribution in [-0.4, -0.2) is 73.2 Å². The van der Waals surface area contributed by atoms with Gasteiger partial charge in [-0.15, -0.1) is 0 Å². The Kier molecular flexibility index (Phi) is 7.00. The second-order valence-electron chi connectivity index (χ2n) is 7.11. The number of non-ortho nitro benzene ring substituents is 1. The smallest absolute Gasteiger partial charge is 0.269 e. The summed E-state index contributed by atoms with van der Waals surface area (Å²) in [7, 11) is 0. The van der Waals surface area contributed by atoms with Crippen molar-refractivity contribution in [2.45, 2.75) is 19.9 Å². The molecule has 1 atom stereocenters. The van der Waals surface area contributed by atoms with Crippen molar-refractivity contribution < 1.29 is 9.66 Å². The topological polar surface area (TPSA) is 83.2 Å². The highest BCUT2D eigenvalue weighted by molar-refractivity contribution is 5.80. The van der Waals surface area contributed by atoms with Gasteiger partial charge >= 0.3 is 0 Å². The van der Waals surface area contributed by atoms with Gasteiger partial charge in [-0.1, -0.05) is 12.1 Å². The zero-order valence-corrected chi connectivity index (χ0v) is 16.0. The molecule has 1 aromatic rings. The second kappa shape index (κ2) is 9.66. The molecule has 0 radical (unpaired) electrons. The first-order chi connectivity index (χ1) is 13.2. The third kappa shape index (κ3) is 5.64. The molecule has 0 aromatic heterocycles. The van der Waals surface area contributed by atoms with E-state index in [1.807, 2.05) is 6.07 Å². The van der Waals surface area contributed by atoms with Gasteiger partial charge in [-0.05, 0) is 24.8 Å². The molecule has 0 amide bonds. The number of guanidine groups is 1. The largest absolute Gasteiger partial charge is 0.379 e. The number of nitro benzene ring substituents is 1. The lowest BCUT2D eigenvalue weighted by Crippen LogP contribution is -2.42. The van der Waals surface area contributed by atoms with Crippen molar-refractivity contribution in [3.8, 4) is 0 Å². The average molecular weight is 375 g/mol. The number of hydrogen-bond acceptors (Lipinski definition) is 5. The minimum absolute atomic E-state index is 0.111. The van der Waals surface area contributed by atoms with Gasteiger partial charge in [-0.3, -0.25) is 15.0 Å². The van der Waals surface area contributed by atoms with Crippen LogP contribution in [0, 0.1) is 16.0 Å². The monoisotopic (exact) mass is 375 g/mol. The molecular formula is C19H29N5O3. The van der Waals surface area contributed by atoms with Gasteiger partial charge in [0.05, 0.1) is 24.7 Å². The number of benzene rings is 1. The van der Waals surface area contributed by atoms with Crippen LogP contribution in [0.5, 0.6) is 0 Å². The fourth-order valence-electron chi connectivity index (χ4n) is 3.68. The minimum Gasteiger partial charge on any atom is -0.379 e. The van der Waals surface area contributed by atoms with Gasteiger partial charge in [0, 0.05) is 51.4 Å². The fourth-order valence-corrected chi connectivity index (χ4v) is 3.68. The molecule has 8 heteroatoms. The molecule has 3 rings (SSSR count). The molecule has 0 aliphatic carbocycles. The van der Waals surface area contributed by atoms with Crippen molar-refractivity contribution in [3.05, 3.63) is 39.9 Å². The van der Waals surface area contributed by atoms with Crippen molar-refractivity contribution in [1.29, 1.82) is 0 Å². The fraction of sp³-hybridized carbons (Fsp3) is 0.632. The Hall–Kier alpha value is -2.19. The number of hydrogen-bond donors (Lipinski definition) is 1. The van der Waals surface area contributed by atoms with E-state index in [4.69, 9.17) is 9.73 Å². The summed E-state index contributed by atoms with van der Waals surface area (Å²) >= 11 is 0. The van der Waals surface area contributed by atoms with Crippen LogP contribution in [0.1, 0.15) is 18.9 Å². The minimum atomic E-state index is -0.366. The molecule has 0 bridgehead atoms. The maximum atomic E-state index is 10.9. The SMILES string of the molecule is CCNC(=NCc1cccc([N+](=O)[O-])c1)N1CCC(CN2CCOCC2)C1. The van der Waals surface area contributed by atoms with Crippen molar-refractivity contribution in [3.63, 3.8) is 0 Å². The maximum absolute atomic E-state index is 10.9. The van der Waals surface area contributed by atoms with E-state index in [0.717, 1.165) is 64.0 Å². The summed E-state index contributed by atoms with van der Waals surface area (Å²) in [4.78, 5) is 20.1. The lowest BCUT2D eigenvalue weighted by atomic mass is 10.1. The zero-order chi connectivity index (χ0) is 19.1. The van der Waals surface area contributed by atoms with E-state index in [-0.39, 0.29) is 10.6 Å². The number of nitrogens with one attached hydrogen (secondary N) is 1. The summed E-state index contributed by atoms with van der Waals surface area (Å²) in [6.07, 6.45) is 1.17. The Labute approximate surface area is 160 Å². The third-order valence-electron chi connectivity index (χ3n) is 5.07. The van der Waals surface area contributed by atoms with Crippen molar-refractivity contribution in [1.82, 2.24) is 15.1 Å². The first-order valence-electron chi connectivity index (χ1n) is 9.72.